The molecule has 5 heteroatoms. The van der Waals surface area contributed by atoms with Crippen molar-refractivity contribution in [1.82, 2.24) is 0 Å². The fraction of sp³-hybridized carbons (Fsp3) is 0.0833. The molecule has 144 valence electrons. The lowest BCUT2D eigenvalue weighted by Gasteiger charge is -2.06. The number of ether oxygens (including phenoxy) is 2. The highest BCUT2D eigenvalue weighted by atomic mass is 35.5. The van der Waals surface area contributed by atoms with E-state index in [0.717, 1.165) is 12.0 Å². The van der Waals surface area contributed by atoms with Gasteiger partial charge in [0.15, 0.2) is 5.76 Å². The minimum absolute atomic E-state index is 0.199. The monoisotopic (exact) mass is 404 g/mol. The first-order chi connectivity index (χ1) is 14.0. The zero-order valence-electron chi connectivity index (χ0n) is 15.6. The maximum atomic E-state index is 12.6. The molecule has 0 bridgehead atoms. The number of hydrogen-bond donors (Lipinski definition) is 0. The second-order valence-corrected chi connectivity index (χ2v) is 7.03. The molecule has 1 aliphatic rings. The molecule has 4 rings (SSSR count). The number of carbonyl (C=O) groups is 2. The van der Waals surface area contributed by atoms with Gasteiger partial charge in [0.2, 0.25) is 5.78 Å². The molecule has 0 N–H and O–H groups in total. The van der Waals surface area contributed by atoms with Crippen LogP contribution in [0.1, 0.15) is 38.8 Å². The maximum absolute atomic E-state index is 12.6. The molecule has 0 aliphatic carbocycles. The predicted molar refractivity (Wildman–Crippen MR) is 112 cm³/mol. The van der Waals surface area contributed by atoms with E-state index >= 15 is 0 Å². The van der Waals surface area contributed by atoms with Gasteiger partial charge in [-0.15, -0.1) is 0 Å². The Hall–Kier alpha value is -3.37. The summed E-state index contributed by atoms with van der Waals surface area (Å²) < 4.78 is 11.1. The van der Waals surface area contributed by atoms with Gasteiger partial charge in [0.05, 0.1) is 11.1 Å². The van der Waals surface area contributed by atoms with Crippen molar-refractivity contribution in [3.05, 3.63) is 99.8 Å². The predicted octanol–water partition coefficient (Wildman–Crippen LogP) is 5.74. The Balaban J connectivity index is 1.52. The van der Waals surface area contributed by atoms with E-state index in [0.29, 0.717) is 27.6 Å². The van der Waals surface area contributed by atoms with Crippen molar-refractivity contribution in [2.75, 3.05) is 0 Å². The second kappa shape index (κ2) is 7.94. The van der Waals surface area contributed by atoms with Gasteiger partial charge in [0.1, 0.15) is 11.5 Å². The molecule has 0 saturated carbocycles. The fourth-order valence-electron chi connectivity index (χ4n) is 2.98. The van der Waals surface area contributed by atoms with Crippen molar-refractivity contribution in [1.29, 1.82) is 0 Å². The summed E-state index contributed by atoms with van der Waals surface area (Å²) in [5.41, 5.74) is 2.92. The van der Waals surface area contributed by atoms with E-state index in [2.05, 4.69) is 6.92 Å². The van der Waals surface area contributed by atoms with E-state index in [4.69, 9.17) is 21.1 Å². The van der Waals surface area contributed by atoms with Crippen LogP contribution in [-0.4, -0.2) is 11.8 Å². The molecule has 3 aromatic rings. The van der Waals surface area contributed by atoms with E-state index in [1.165, 1.54) is 5.56 Å². The Morgan fingerprint density at radius 3 is 2.45 bits per heavy atom. The first kappa shape index (κ1) is 19.0. The molecular weight excluding hydrogens is 388 g/mol. The summed E-state index contributed by atoms with van der Waals surface area (Å²) in [6.07, 6.45) is 2.66. The molecule has 4 nitrogen and oxygen atoms in total. The molecule has 0 amide bonds. The van der Waals surface area contributed by atoms with Crippen LogP contribution in [0.15, 0.2) is 72.5 Å². The van der Waals surface area contributed by atoms with Crippen molar-refractivity contribution in [2.24, 2.45) is 0 Å². The molecule has 0 saturated heterocycles. The van der Waals surface area contributed by atoms with Gasteiger partial charge in [-0.2, -0.15) is 0 Å². The fourth-order valence-corrected chi connectivity index (χ4v) is 3.11. The van der Waals surface area contributed by atoms with Gasteiger partial charge in [-0.25, -0.2) is 4.79 Å². The van der Waals surface area contributed by atoms with Gasteiger partial charge in [0, 0.05) is 11.1 Å². The zero-order chi connectivity index (χ0) is 20.4. The first-order valence-electron chi connectivity index (χ1n) is 9.18. The van der Waals surface area contributed by atoms with Gasteiger partial charge >= 0.3 is 5.97 Å². The lowest BCUT2D eigenvalue weighted by Crippen LogP contribution is -2.08. The van der Waals surface area contributed by atoms with Crippen molar-refractivity contribution in [2.45, 2.75) is 13.3 Å². The Morgan fingerprint density at radius 1 is 1.03 bits per heavy atom. The molecule has 0 atom stereocenters. The molecule has 29 heavy (non-hydrogen) atoms. The van der Waals surface area contributed by atoms with Crippen LogP contribution < -0.4 is 9.47 Å². The van der Waals surface area contributed by atoms with Crippen LogP contribution in [-0.2, 0) is 6.42 Å². The van der Waals surface area contributed by atoms with E-state index in [-0.39, 0.29) is 11.5 Å². The third kappa shape index (κ3) is 4.08. The standard InChI is InChI=1S/C24H17ClO4/c1-2-15-3-5-16(6-4-15)13-22-23(26)20-12-11-19(14-21(20)29-22)28-24(27)17-7-9-18(25)10-8-17/h3-14H,2H2,1H3. The second-order valence-electron chi connectivity index (χ2n) is 6.59. The van der Waals surface area contributed by atoms with E-state index in [9.17, 15) is 9.59 Å². The molecule has 1 heterocycles. The largest absolute Gasteiger partial charge is 0.452 e. The topological polar surface area (TPSA) is 52.6 Å². The number of esters is 1. The lowest BCUT2D eigenvalue weighted by molar-refractivity contribution is 0.0734. The summed E-state index contributed by atoms with van der Waals surface area (Å²) in [5, 5.41) is 0.537. The number of allylic oxidation sites excluding steroid dienone is 1. The molecule has 0 radical (unpaired) electrons. The van der Waals surface area contributed by atoms with Crippen molar-refractivity contribution in [3.63, 3.8) is 0 Å². The number of carbonyl (C=O) groups excluding carboxylic acids is 2. The number of halogens is 1. The minimum Gasteiger partial charge on any atom is -0.452 e. The normalized spacial score (nSPS) is 13.9. The number of ketones is 1. The summed E-state index contributed by atoms with van der Waals surface area (Å²) >= 11 is 5.84. The third-order valence-corrected chi connectivity index (χ3v) is 4.87. The molecule has 0 aromatic heterocycles. The highest BCUT2D eigenvalue weighted by Crippen LogP contribution is 2.35. The number of benzene rings is 3. The van der Waals surface area contributed by atoms with Crippen LogP contribution in [0.5, 0.6) is 11.5 Å². The quantitative estimate of drug-likeness (QED) is 0.316. The summed E-state index contributed by atoms with van der Waals surface area (Å²) in [6, 6.07) is 19.1. The van der Waals surface area contributed by atoms with Crippen LogP contribution >= 0.6 is 11.6 Å². The highest BCUT2D eigenvalue weighted by Gasteiger charge is 2.28. The maximum Gasteiger partial charge on any atom is 0.343 e. The smallest absolute Gasteiger partial charge is 0.343 e. The van der Waals surface area contributed by atoms with Crippen LogP contribution in [0.4, 0.5) is 0 Å². The Kier molecular flexibility index (Phi) is 5.19. The number of rotatable bonds is 4. The first-order valence-corrected chi connectivity index (χ1v) is 9.56. The van der Waals surface area contributed by atoms with Crippen molar-refractivity contribution in [3.8, 4) is 11.5 Å². The van der Waals surface area contributed by atoms with Crippen LogP contribution in [0.3, 0.4) is 0 Å². The Bertz CT molecular complexity index is 1110. The van der Waals surface area contributed by atoms with Gasteiger partial charge in [-0.05, 0) is 60.0 Å². The van der Waals surface area contributed by atoms with E-state index < -0.39 is 5.97 Å². The average Bonchev–Trinajstić information content (AvgIpc) is 3.03. The lowest BCUT2D eigenvalue weighted by atomic mass is 10.1. The molecule has 0 fully saturated rings. The van der Waals surface area contributed by atoms with Crippen LogP contribution in [0.2, 0.25) is 5.02 Å². The molecule has 1 aliphatic heterocycles. The zero-order valence-corrected chi connectivity index (χ0v) is 16.4. The van der Waals surface area contributed by atoms with Crippen molar-refractivity contribution >= 4 is 29.4 Å². The van der Waals surface area contributed by atoms with E-state index in [1.807, 2.05) is 24.3 Å². The van der Waals surface area contributed by atoms with Gasteiger partial charge in [0.25, 0.3) is 0 Å². The van der Waals surface area contributed by atoms with Gasteiger partial charge in [-0.3, -0.25) is 4.79 Å². The van der Waals surface area contributed by atoms with Gasteiger partial charge in [-0.1, -0.05) is 42.8 Å². The molecule has 3 aromatic carbocycles. The van der Waals surface area contributed by atoms with E-state index in [1.54, 1.807) is 48.5 Å². The van der Waals surface area contributed by atoms with Crippen molar-refractivity contribution < 1.29 is 19.1 Å². The Labute approximate surface area is 173 Å². The molecular formula is C24H17ClO4. The number of hydrogen-bond acceptors (Lipinski definition) is 4. The number of fused-ring (bicyclic) bond motifs is 1. The third-order valence-electron chi connectivity index (χ3n) is 4.62. The SMILES string of the molecule is CCc1ccc(C=C2Oc3cc(OC(=O)c4ccc(Cl)cc4)ccc3C2=O)cc1. The summed E-state index contributed by atoms with van der Waals surface area (Å²) in [5.74, 6) is 0.191. The number of Topliss-reactive ketones (excluding diaryl/α,β-unsaturated/α-hetero) is 1. The minimum atomic E-state index is -0.516. The summed E-state index contributed by atoms with van der Waals surface area (Å²) in [4.78, 5) is 24.9. The summed E-state index contributed by atoms with van der Waals surface area (Å²) in [7, 11) is 0. The van der Waals surface area contributed by atoms with Gasteiger partial charge < -0.3 is 9.47 Å². The average molecular weight is 405 g/mol. The highest BCUT2D eigenvalue weighted by molar-refractivity contribution is 6.30. The molecule has 0 spiro atoms. The molecule has 0 unspecified atom stereocenters. The number of aryl methyl sites for hydroxylation is 1. The summed E-state index contributed by atoms with van der Waals surface area (Å²) in [6.45, 7) is 2.09. The van der Waals surface area contributed by atoms with Crippen LogP contribution in [0.25, 0.3) is 6.08 Å². The Morgan fingerprint density at radius 2 is 1.76 bits per heavy atom. The van der Waals surface area contributed by atoms with Crippen LogP contribution in [0, 0.1) is 0 Å².